The van der Waals surface area contributed by atoms with E-state index in [0.717, 1.165) is 26.1 Å². The zero-order valence-electron chi connectivity index (χ0n) is 10.8. The predicted molar refractivity (Wildman–Crippen MR) is 70.9 cm³/mol. The third kappa shape index (κ3) is 3.14. The first-order chi connectivity index (χ1) is 7.47. The Balaban J connectivity index is 2.58. The number of hydrogen-bond donors (Lipinski definition) is 1. The van der Waals surface area contributed by atoms with Gasteiger partial charge < -0.3 is 4.90 Å². The first-order valence-electron chi connectivity index (χ1n) is 6.14. The van der Waals surface area contributed by atoms with Gasteiger partial charge in [-0.05, 0) is 19.4 Å². The van der Waals surface area contributed by atoms with Crippen molar-refractivity contribution in [1.82, 2.24) is 9.80 Å². The van der Waals surface area contributed by atoms with Crippen molar-refractivity contribution in [3.05, 3.63) is 0 Å². The van der Waals surface area contributed by atoms with E-state index in [-0.39, 0.29) is 11.2 Å². The molecule has 0 aromatic rings. The quantitative estimate of drug-likeness (QED) is 0.761. The van der Waals surface area contributed by atoms with E-state index in [1.165, 1.54) is 0 Å². The highest BCUT2D eigenvalue weighted by Crippen LogP contribution is 2.17. The van der Waals surface area contributed by atoms with Gasteiger partial charge in [-0.3, -0.25) is 9.69 Å². The van der Waals surface area contributed by atoms with E-state index in [0.29, 0.717) is 12.0 Å². The summed E-state index contributed by atoms with van der Waals surface area (Å²) in [5.41, 5.74) is 0. The van der Waals surface area contributed by atoms with Gasteiger partial charge in [-0.1, -0.05) is 20.8 Å². The largest absolute Gasteiger partial charge is 0.339 e. The fraction of sp³-hybridized carbons (Fsp3) is 0.917. The second kappa shape index (κ2) is 5.92. The molecule has 2 unspecified atom stereocenters. The van der Waals surface area contributed by atoms with Gasteiger partial charge in [0.05, 0.1) is 5.25 Å². The summed E-state index contributed by atoms with van der Waals surface area (Å²) >= 11 is 4.41. The van der Waals surface area contributed by atoms with Crippen molar-refractivity contribution in [2.75, 3.05) is 26.7 Å². The summed E-state index contributed by atoms with van der Waals surface area (Å²) in [6.07, 6.45) is 1.10. The minimum absolute atomic E-state index is 0.152. The van der Waals surface area contributed by atoms with E-state index in [2.05, 4.69) is 31.5 Å². The van der Waals surface area contributed by atoms with Crippen molar-refractivity contribution >= 4 is 18.5 Å². The number of rotatable bonds is 3. The molecule has 0 bridgehead atoms. The molecule has 0 aromatic heterocycles. The Labute approximate surface area is 105 Å². The lowest BCUT2D eigenvalue weighted by atomic mass is 10.1. The van der Waals surface area contributed by atoms with Crippen LogP contribution in [0, 0.1) is 5.92 Å². The molecule has 1 fully saturated rings. The first-order valence-corrected chi connectivity index (χ1v) is 6.66. The highest BCUT2D eigenvalue weighted by Gasteiger charge is 2.29. The normalized spacial score (nSPS) is 24.9. The molecule has 16 heavy (non-hydrogen) atoms. The molecule has 1 saturated heterocycles. The van der Waals surface area contributed by atoms with E-state index < -0.39 is 0 Å². The number of carbonyl (C=O) groups excluding carboxylic acids is 1. The van der Waals surface area contributed by atoms with E-state index in [1.54, 1.807) is 0 Å². The Morgan fingerprint density at radius 2 is 2.06 bits per heavy atom. The van der Waals surface area contributed by atoms with Crippen LogP contribution in [0.25, 0.3) is 0 Å². The molecule has 1 aliphatic heterocycles. The van der Waals surface area contributed by atoms with Crippen LogP contribution >= 0.6 is 12.6 Å². The monoisotopic (exact) mass is 244 g/mol. The molecule has 1 rings (SSSR count). The van der Waals surface area contributed by atoms with Gasteiger partial charge in [-0.25, -0.2) is 0 Å². The van der Waals surface area contributed by atoms with Gasteiger partial charge >= 0.3 is 0 Å². The van der Waals surface area contributed by atoms with Crippen LogP contribution in [-0.2, 0) is 4.79 Å². The molecule has 0 radical (unpaired) electrons. The molecule has 1 heterocycles. The molecule has 0 aliphatic carbocycles. The fourth-order valence-corrected chi connectivity index (χ4v) is 2.22. The number of hydrogen-bond acceptors (Lipinski definition) is 3. The minimum Gasteiger partial charge on any atom is -0.339 e. The maximum absolute atomic E-state index is 12.1. The van der Waals surface area contributed by atoms with Crippen molar-refractivity contribution < 1.29 is 4.79 Å². The van der Waals surface area contributed by atoms with Crippen molar-refractivity contribution in [1.29, 1.82) is 0 Å². The third-order valence-corrected chi connectivity index (χ3v) is 4.26. The molecule has 3 nitrogen and oxygen atoms in total. The maximum Gasteiger partial charge on any atom is 0.235 e. The Bertz CT molecular complexity index is 245. The van der Waals surface area contributed by atoms with Crippen LogP contribution in [0.3, 0.4) is 0 Å². The van der Waals surface area contributed by atoms with Gasteiger partial charge in [-0.2, -0.15) is 12.6 Å². The number of carbonyl (C=O) groups is 1. The van der Waals surface area contributed by atoms with E-state index in [4.69, 9.17) is 0 Å². The predicted octanol–water partition coefficient (Wildman–Crippen LogP) is 1.49. The van der Waals surface area contributed by atoms with Crippen LogP contribution < -0.4 is 0 Å². The number of piperazine rings is 1. The van der Waals surface area contributed by atoms with Crippen LogP contribution in [0.4, 0.5) is 0 Å². The van der Waals surface area contributed by atoms with Crippen LogP contribution in [0.15, 0.2) is 0 Å². The van der Waals surface area contributed by atoms with Crippen LogP contribution in [0.2, 0.25) is 0 Å². The number of nitrogens with zero attached hydrogens (tertiary/aromatic N) is 2. The first kappa shape index (κ1) is 13.8. The van der Waals surface area contributed by atoms with Gasteiger partial charge in [0.1, 0.15) is 0 Å². The van der Waals surface area contributed by atoms with E-state index >= 15 is 0 Å². The maximum atomic E-state index is 12.1. The Morgan fingerprint density at radius 3 is 2.56 bits per heavy atom. The van der Waals surface area contributed by atoms with Crippen molar-refractivity contribution in [2.45, 2.75) is 38.5 Å². The summed E-state index contributed by atoms with van der Waals surface area (Å²) in [6.45, 7) is 8.94. The molecule has 1 amide bonds. The standard InChI is InChI=1S/C12H24N2OS/c1-5-10-8-14(7-6-13(10)4)12(15)11(16)9(2)3/h9-11,16H,5-8H2,1-4H3. The fourth-order valence-electron chi connectivity index (χ4n) is 2.06. The van der Waals surface area contributed by atoms with Gasteiger partial charge in [0.15, 0.2) is 0 Å². The van der Waals surface area contributed by atoms with Gasteiger partial charge in [-0.15, -0.1) is 0 Å². The molecule has 1 aliphatic rings. The SMILES string of the molecule is CCC1CN(C(=O)C(S)C(C)C)CCN1C. The zero-order valence-corrected chi connectivity index (χ0v) is 11.7. The van der Waals surface area contributed by atoms with Crippen molar-refractivity contribution in [3.63, 3.8) is 0 Å². The third-order valence-electron chi connectivity index (χ3n) is 3.44. The number of amides is 1. The molecular weight excluding hydrogens is 220 g/mol. The van der Waals surface area contributed by atoms with Crippen LogP contribution in [0.5, 0.6) is 0 Å². The smallest absolute Gasteiger partial charge is 0.235 e. The zero-order chi connectivity index (χ0) is 12.3. The van der Waals surface area contributed by atoms with Gasteiger partial charge in [0.2, 0.25) is 5.91 Å². The second-order valence-electron chi connectivity index (χ2n) is 5.02. The summed E-state index contributed by atoms with van der Waals surface area (Å²) in [4.78, 5) is 16.5. The molecule has 4 heteroatoms. The highest BCUT2D eigenvalue weighted by atomic mass is 32.1. The number of likely N-dealkylation sites (N-methyl/N-ethyl adjacent to an activating group) is 1. The van der Waals surface area contributed by atoms with Crippen LogP contribution in [0.1, 0.15) is 27.2 Å². The lowest BCUT2D eigenvalue weighted by molar-refractivity contribution is -0.134. The molecule has 2 atom stereocenters. The van der Waals surface area contributed by atoms with Gasteiger partial charge in [0.25, 0.3) is 0 Å². The summed E-state index contributed by atoms with van der Waals surface area (Å²) in [7, 11) is 2.14. The van der Waals surface area contributed by atoms with Crippen LogP contribution in [-0.4, -0.2) is 53.7 Å². The number of thiol groups is 1. The summed E-state index contributed by atoms with van der Waals surface area (Å²) in [5.74, 6) is 0.500. The average molecular weight is 244 g/mol. The highest BCUT2D eigenvalue weighted by molar-refractivity contribution is 7.81. The lowest BCUT2D eigenvalue weighted by Crippen LogP contribution is -2.54. The molecule has 94 valence electrons. The summed E-state index contributed by atoms with van der Waals surface area (Å²) in [5, 5.41) is -0.152. The van der Waals surface area contributed by atoms with E-state index in [1.807, 2.05) is 18.7 Å². The van der Waals surface area contributed by atoms with Crippen molar-refractivity contribution in [3.8, 4) is 0 Å². The molecule has 0 spiro atoms. The topological polar surface area (TPSA) is 23.6 Å². The minimum atomic E-state index is -0.152. The van der Waals surface area contributed by atoms with Crippen molar-refractivity contribution in [2.24, 2.45) is 5.92 Å². The molecule has 0 saturated carbocycles. The average Bonchev–Trinajstić information content (AvgIpc) is 2.27. The Morgan fingerprint density at radius 1 is 1.44 bits per heavy atom. The Kier molecular flexibility index (Phi) is 5.12. The lowest BCUT2D eigenvalue weighted by Gasteiger charge is -2.40. The second-order valence-corrected chi connectivity index (χ2v) is 5.57. The van der Waals surface area contributed by atoms with E-state index in [9.17, 15) is 4.79 Å². The molecular formula is C12H24N2OS. The molecule has 0 N–H and O–H groups in total. The molecule has 0 aromatic carbocycles. The summed E-state index contributed by atoms with van der Waals surface area (Å²) < 4.78 is 0. The Hall–Kier alpha value is -0.220. The van der Waals surface area contributed by atoms with Gasteiger partial charge in [0, 0.05) is 25.7 Å². The summed E-state index contributed by atoms with van der Waals surface area (Å²) in [6, 6.07) is 0.505.